The summed E-state index contributed by atoms with van der Waals surface area (Å²) in [6, 6.07) is 13.4. The van der Waals surface area contributed by atoms with Crippen LogP contribution in [0.4, 0.5) is 0 Å². The smallest absolute Gasteiger partial charge is 0.408 e. The van der Waals surface area contributed by atoms with Gasteiger partial charge in [-0.3, -0.25) is 0 Å². The largest absolute Gasteiger partial charge is 0.421 e. The first-order valence-electron chi connectivity index (χ1n) is 7.91. The zero-order valence-corrected chi connectivity index (χ0v) is 15.4. The predicted molar refractivity (Wildman–Crippen MR) is 93.5 cm³/mol. The molecular formula is C18H19MgO3P. The van der Waals surface area contributed by atoms with E-state index in [1.807, 2.05) is 30.3 Å². The van der Waals surface area contributed by atoms with Gasteiger partial charge in [-0.2, -0.15) is 0 Å². The Hall–Kier alpha value is -0.804. The van der Waals surface area contributed by atoms with Gasteiger partial charge in [0.25, 0.3) is 0 Å². The van der Waals surface area contributed by atoms with Crippen molar-refractivity contribution in [3.63, 3.8) is 0 Å². The van der Waals surface area contributed by atoms with E-state index in [1.54, 1.807) is 6.07 Å². The van der Waals surface area contributed by atoms with Crippen LogP contribution in [0.3, 0.4) is 0 Å². The normalized spacial score (nSPS) is 23.2. The molecule has 1 aliphatic carbocycles. The van der Waals surface area contributed by atoms with Crippen LogP contribution in [0, 0.1) is 0 Å². The van der Waals surface area contributed by atoms with Crippen LogP contribution in [0.25, 0.3) is 11.1 Å². The molecule has 0 amide bonds. The lowest BCUT2D eigenvalue weighted by Gasteiger charge is -2.27. The van der Waals surface area contributed by atoms with Gasteiger partial charge >= 0.3 is 7.60 Å². The highest BCUT2D eigenvalue weighted by Gasteiger charge is 2.35. The van der Waals surface area contributed by atoms with Crippen LogP contribution < -0.4 is 9.83 Å². The predicted octanol–water partition coefficient (Wildman–Crippen LogP) is 4.22. The van der Waals surface area contributed by atoms with Crippen molar-refractivity contribution in [2.24, 2.45) is 0 Å². The van der Waals surface area contributed by atoms with Crippen LogP contribution in [0.1, 0.15) is 43.6 Å². The molecule has 2 aromatic rings. The molecule has 0 bridgehead atoms. The summed E-state index contributed by atoms with van der Waals surface area (Å²) in [5.41, 5.74) is 2.90. The second-order valence-corrected chi connectivity index (χ2v) is 7.92. The molecule has 2 aromatic carbocycles. The first-order valence-corrected chi connectivity index (χ1v) is 9.49. The van der Waals surface area contributed by atoms with Gasteiger partial charge < -0.3 is 9.42 Å². The number of rotatable bonds is 1. The zero-order chi connectivity index (χ0) is 15.2. The maximum Gasteiger partial charge on any atom is 0.408 e. The number of hydrogen-bond donors (Lipinski definition) is 1. The van der Waals surface area contributed by atoms with Gasteiger partial charge in [-0.15, -0.1) is 0 Å². The quantitative estimate of drug-likeness (QED) is 0.625. The highest BCUT2D eigenvalue weighted by atomic mass is 31.2. The highest BCUT2D eigenvalue weighted by Crippen LogP contribution is 2.52. The third kappa shape index (κ3) is 3.10. The van der Waals surface area contributed by atoms with Crippen LogP contribution in [0.2, 0.25) is 0 Å². The van der Waals surface area contributed by atoms with Crippen LogP contribution in [-0.2, 0) is 4.57 Å². The van der Waals surface area contributed by atoms with Crippen molar-refractivity contribution in [1.29, 1.82) is 0 Å². The lowest BCUT2D eigenvalue weighted by atomic mass is 9.83. The number of fused-ring (bicyclic) bond motifs is 3. The minimum atomic E-state index is -3.79. The van der Waals surface area contributed by atoms with Crippen molar-refractivity contribution in [3.8, 4) is 16.9 Å². The third-order valence-corrected chi connectivity index (χ3v) is 6.23. The van der Waals surface area contributed by atoms with Gasteiger partial charge in [0.05, 0.1) is 5.30 Å². The molecule has 1 N–H and O–H groups in total. The maximum atomic E-state index is 12.6. The monoisotopic (exact) mass is 338 g/mol. The summed E-state index contributed by atoms with van der Waals surface area (Å²) >= 11 is 0. The molecule has 2 aliphatic rings. The van der Waals surface area contributed by atoms with E-state index in [9.17, 15) is 9.46 Å². The van der Waals surface area contributed by atoms with Crippen molar-refractivity contribution in [3.05, 3.63) is 48.0 Å². The Balaban J connectivity index is 0.00000156. The molecule has 3 nitrogen and oxygen atoms in total. The van der Waals surface area contributed by atoms with E-state index in [1.165, 1.54) is 37.7 Å². The lowest BCUT2D eigenvalue weighted by molar-refractivity contribution is 0.392. The summed E-state index contributed by atoms with van der Waals surface area (Å²) in [7, 11) is -3.79. The first-order chi connectivity index (χ1) is 10.6. The van der Waals surface area contributed by atoms with E-state index in [4.69, 9.17) is 4.52 Å². The molecule has 5 heteroatoms. The van der Waals surface area contributed by atoms with Crippen LogP contribution in [-0.4, -0.2) is 27.9 Å². The van der Waals surface area contributed by atoms with Gasteiger partial charge in [-0.05, 0) is 36.5 Å². The van der Waals surface area contributed by atoms with E-state index in [2.05, 4.69) is 6.07 Å². The molecule has 1 heterocycles. The van der Waals surface area contributed by atoms with Crippen LogP contribution >= 0.6 is 7.60 Å². The third-order valence-electron chi connectivity index (χ3n) is 4.80. The Morgan fingerprint density at radius 1 is 1.00 bits per heavy atom. The van der Waals surface area contributed by atoms with Crippen LogP contribution in [0.15, 0.2) is 42.5 Å². The summed E-state index contributed by atoms with van der Waals surface area (Å²) in [5.74, 6) is 1.00. The number of benzene rings is 2. The minimum absolute atomic E-state index is 0. The van der Waals surface area contributed by atoms with Crippen molar-refractivity contribution in [1.82, 2.24) is 0 Å². The molecule has 1 unspecified atom stereocenters. The topological polar surface area (TPSA) is 46.5 Å². The molecule has 1 atom stereocenters. The summed E-state index contributed by atoms with van der Waals surface area (Å²) < 4.78 is 18.0. The fourth-order valence-corrected chi connectivity index (χ4v) is 4.99. The van der Waals surface area contributed by atoms with Gasteiger partial charge in [0, 0.05) is 34.2 Å². The van der Waals surface area contributed by atoms with Crippen molar-refractivity contribution < 1.29 is 14.0 Å². The van der Waals surface area contributed by atoms with Gasteiger partial charge in [0.15, 0.2) is 0 Å². The Bertz CT molecular complexity index is 769. The molecule has 1 fully saturated rings. The molecule has 2 radical (unpaired) electrons. The summed E-state index contributed by atoms with van der Waals surface area (Å²) in [6.45, 7) is 0. The molecular weight excluding hydrogens is 319 g/mol. The van der Waals surface area contributed by atoms with E-state index >= 15 is 0 Å². The Kier molecular flexibility index (Phi) is 4.89. The zero-order valence-electron chi connectivity index (χ0n) is 13.1. The summed E-state index contributed by atoms with van der Waals surface area (Å²) in [5, 5.41) is 0.453. The van der Waals surface area contributed by atoms with E-state index < -0.39 is 7.60 Å². The second-order valence-electron chi connectivity index (χ2n) is 6.22. The molecule has 116 valence electrons. The van der Waals surface area contributed by atoms with E-state index in [0.29, 0.717) is 17.0 Å². The number of hydrogen-bond acceptors (Lipinski definition) is 2. The average molecular weight is 339 g/mol. The Morgan fingerprint density at radius 2 is 1.74 bits per heavy atom. The fraction of sp³-hybridized carbons (Fsp3) is 0.333. The first kappa shape index (κ1) is 17.0. The standard InChI is InChI=1S/C18H19O3P.Mg/c19-22(20)18-12-14(13-6-2-1-3-7-13)10-11-16(18)15-8-4-5-9-17(15)21-22;/h4-5,8-13H,1-3,6-7H2,(H,19,20);. The summed E-state index contributed by atoms with van der Waals surface area (Å²) in [4.78, 5) is 10.3. The molecule has 1 saturated carbocycles. The molecule has 1 aliphatic heterocycles. The maximum absolute atomic E-state index is 12.6. The average Bonchev–Trinajstić information content (AvgIpc) is 2.55. The van der Waals surface area contributed by atoms with Crippen molar-refractivity contribution in [2.45, 2.75) is 38.0 Å². The molecule has 0 spiro atoms. The van der Waals surface area contributed by atoms with Crippen LogP contribution in [0.5, 0.6) is 5.75 Å². The summed E-state index contributed by atoms with van der Waals surface area (Å²) in [6.07, 6.45) is 6.14. The SMILES string of the molecule is O=P1(O)Oc2ccccc2-c2ccc(C3CCCCC3)cc21.[Mg]. The highest BCUT2D eigenvalue weighted by molar-refractivity contribution is 7.62. The second kappa shape index (κ2) is 6.60. The molecule has 4 rings (SSSR count). The number of para-hydroxylation sites is 1. The Labute approximate surface area is 152 Å². The van der Waals surface area contributed by atoms with Crippen molar-refractivity contribution >= 4 is 36.0 Å². The lowest BCUT2D eigenvalue weighted by Crippen LogP contribution is -2.19. The van der Waals surface area contributed by atoms with E-state index in [0.717, 1.165) is 11.1 Å². The van der Waals surface area contributed by atoms with Gasteiger partial charge in [0.1, 0.15) is 5.75 Å². The molecule has 0 aromatic heterocycles. The van der Waals surface area contributed by atoms with Crippen molar-refractivity contribution in [2.75, 3.05) is 0 Å². The Morgan fingerprint density at radius 3 is 2.52 bits per heavy atom. The van der Waals surface area contributed by atoms with Gasteiger partial charge in [-0.25, -0.2) is 4.57 Å². The van der Waals surface area contributed by atoms with Gasteiger partial charge in [0.2, 0.25) is 0 Å². The van der Waals surface area contributed by atoms with Gasteiger partial charge in [-0.1, -0.05) is 49.6 Å². The molecule has 0 saturated heterocycles. The minimum Gasteiger partial charge on any atom is -0.421 e. The fourth-order valence-electron chi connectivity index (χ4n) is 3.65. The molecule has 23 heavy (non-hydrogen) atoms. The van der Waals surface area contributed by atoms with E-state index in [-0.39, 0.29) is 23.1 Å².